The topological polar surface area (TPSA) is 71.1 Å². The highest BCUT2D eigenvalue weighted by atomic mass is 16.2. The maximum absolute atomic E-state index is 11.5. The van der Waals surface area contributed by atoms with Gasteiger partial charge in [-0.15, -0.1) is 0 Å². The second kappa shape index (κ2) is 6.55. The Kier molecular flexibility index (Phi) is 4.98. The van der Waals surface area contributed by atoms with Gasteiger partial charge in [-0.25, -0.2) is 0 Å². The number of nitrogens with one attached hydrogen (secondary N) is 2. The second-order valence-electron chi connectivity index (χ2n) is 3.33. The lowest BCUT2D eigenvalue weighted by atomic mass is 10.2. The molecule has 86 valence electrons. The Labute approximate surface area is 94.3 Å². The van der Waals surface area contributed by atoms with E-state index in [1.165, 1.54) is 6.92 Å². The molecular weight excluding hydrogens is 206 g/mol. The first-order valence-corrected chi connectivity index (χ1v) is 5.13. The monoisotopic (exact) mass is 221 g/mol. The molecule has 1 heterocycles. The number of pyridine rings is 1. The molecule has 0 fully saturated rings. The Morgan fingerprint density at radius 1 is 1.19 bits per heavy atom. The van der Waals surface area contributed by atoms with Gasteiger partial charge in [-0.3, -0.25) is 14.6 Å². The maximum Gasteiger partial charge on any atom is 0.251 e. The largest absolute Gasteiger partial charge is 0.356 e. The van der Waals surface area contributed by atoms with Gasteiger partial charge in [0.1, 0.15) is 0 Å². The summed E-state index contributed by atoms with van der Waals surface area (Å²) in [6.45, 7) is 2.59. The van der Waals surface area contributed by atoms with Crippen LogP contribution in [0.4, 0.5) is 0 Å². The van der Waals surface area contributed by atoms with E-state index in [-0.39, 0.29) is 11.8 Å². The summed E-state index contributed by atoms with van der Waals surface area (Å²) in [5, 5.41) is 5.41. The van der Waals surface area contributed by atoms with Crippen LogP contribution in [0.2, 0.25) is 0 Å². The molecule has 0 aliphatic heterocycles. The first kappa shape index (κ1) is 12.2. The van der Waals surface area contributed by atoms with Gasteiger partial charge >= 0.3 is 0 Å². The van der Waals surface area contributed by atoms with Gasteiger partial charge in [-0.05, 0) is 18.6 Å². The highest BCUT2D eigenvalue weighted by Gasteiger charge is 2.02. The Bertz CT molecular complexity index is 352. The lowest BCUT2D eigenvalue weighted by Crippen LogP contribution is -2.28. The molecule has 0 bridgehead atoms. The van der Waals surface area contributed by atoms with Crippen LogP contribution < -0.4 is 10.6 Å². The number of amides is 2. The van der Waals surface area contributed by atoms with E-state index in [0.717, 1.165) is 6.42 Å². The number of nitrogens with zero attached hydrogens (tertiary/aromatic N) is 1. The normalized spacial score (nSPS) is 9.56. The van der Waals surface area contributed by atoms with Crippen LogP contribution in [-0.4, -0.2) is 29.9 Å². The summed E-state index contributed by atoms with van der Waals surface area (Å²) in [6.07, 6.45) is 3.87. The molecule has 0 atom stereocenters. The van der Waals surface area contributed by atoms with E-state index in [0.29, 0.717) is 18.7 Å². The zero-order valence-electron chi connectivity index (χ0n) is 9.19. The average Bonchev–Trinajstić information content (AvgIpc) is 2.29. The molecule has 0 spiro atoms. The summed E-state index contributed by atoms with van der Waals surface area (Å²) in [7, 11) is 0. The average molecular weight is 221 g/mol. The summed E-state index contributed by atoms with van der Waals surface area (Å²) in [4.78, 5) is 25.9. The van der Waals surface area contributed by atoms with Crippen molar-refractivity contribution < 1.29 is 9.59 Å². The molecule has 0 radical (unpaired) electrons. The van der Waals surface area contributed by atoms with Crippen LogP contribution in [0, 0.1) is 0 Å². The van der Waals surface area contributed by atoms with Gasteiger partial charge < -0.3 is 10.6 Å². The van der Waals surface area contributed by atoms with Crippen molar-refractivity contribution >= 4 is 11.8 Å². The summed E-state index contributed by atoms with van der Waals surface area (Å²) in [6, 6.07) is 3.31. The number of rotatable bonds is 5. The summed E-state index contributed by atoms with van der Waals surface area (Å²) in [5.41, 5.74) is 0.592. The summed E-state index contributed by atoms with van der Waals surface area (Å²) < 4.78 is 0. The van der Waals surface area contributed by atoms with Crippen LogP contribution in [0.3, 0.4) is 0 Å². The third-order valence-electron chi connectivity index (χ3n) is 1.96. The molecule has 0 saturated carbocycles. The standard InChI is InChI=1S/C11H15N3O2/c1-9(15)13-5-2-6-14-11(16)10-3-7-12-8-4-10/h3-4,7-8H,2,5-6H2,1H3,(H,13,15)(H,14,16). The smallest absolute Gasteiger partial charge is 0.251 e. The molecule has 5 nitrogen and oxygen atoms in total. The predicted molar refractivity (Wildman–Crippen MR) is 59.9 cm³/mol. The van der Waals surface area contributed by atoms with Crippen molar-refractivity contribution in [3.8, 4) is 0 Å². The van der Waals surface area contributed by atoms with E-state index in [1.807, 2.05) is 0 Å². The number of hydrogen-bond donors (Lipinski definition) is 2. The van der Waals surface area contributed by atoms with E-state index in [9.17, 15) is 9.59 Å². The van der Waals surface area contributed by atoms with E-state index in [1.54, 1.807) is 24.5 Å². The summed E-state index contributed by atoms with van der Waals surface area (Å²) in [5.74, 6) is -0.175. The lowest BCUT2D eigenvalue weighted by Gasteiger charge is -2.05. The van der Waals surface area contributed by atoms with Crippen LogP contribution in [0.5, 0.6) is 0 Å². The Morgan fingerprint density at radius 3 is 2.44 bits per heavy atom. The molecule has 0 aliphatic rings. The third-order valence-corrected chi connectivity index (χ3v) is 1.96. The van der Waals surface area contributed by atoms with E-state index >= 15 is 0 Å². The second-order valence-corrected chi connectivity index (χ2v) is 3.33. The van der Waals surface area contributed by atoms with Gasteiger partial charge in [0.15, 0.2) is 0 Å². The molecule has 2 N–H and O–H groups in total. The Hall–Kier alpha value is -1.91. The molecule has 1 aromatic rings. The first-order valence-electron chi connectivity index (χ1n) is 5.13. The fraction of sp³-hybridized carbons (Fsp3) is 0.364. The fourth-order valence-electron chi connectivity index (χ4n) is 1.16. The number of carbonyl (C=O) groups excluding carboxylic acids is 2. The first-order chi connectivity index (χ1) is 7.70. The molecule has 0 saturated heterocycles. The molecule has 2 amide bonds. The van der Waals surface area contributed by atoms with Crippen LogP contribution in [0.1, 0.15) is 23.7 Å². The number of hydrogen-bond acceptors (Lipinski definition) is 3. The highest BCUT2D eigenvalue weighted by molar-refractivity contribution is 5.93. The third kappa shape index (κ3) is 4.54. The SMILES string of the molecule is CC(=O)NCCCNC(=O)c1ccncc1. The van der Waals surface area contributed by atoms with Crippen molar-refractivity contribution in [2.75, 3.05) is 13.1 Å². The molecule has 5 heteroatoms. The van der Waals surface area contributed by atoms with Gasteiger partial charge in [0.2, 0.25) is 5.91 Å². The number of aromatic nitrogens is 1. The van der Waals surface area contributed by atoms with Crippen molar-refractivity contribution in [3.63, 3.8) is 0 Å². The zero-order chi connectivity index (χ0) is 11.8. The van der Waals surface area contributed by atoms with Gasteiger partial charge in [0, 0.05) is 38.0 Å². The Balaban J connectivity index is 2.19. The predicted octanol–water partition coefficient (Wildman–Crippen LogP) is 0.338. The van der Waals surface area contributed by atoms with Crippen molar-refractivity contribution in [1.82, 2.24) is 15.6 Å². The minimum Gasteiger partial charge on any atom is -0.356 e. The van der Waals surface area contributed by atoms with E-state index in [2.05, 4.69) is 15.6 Å². The van der Waals surface area contributed by atoms with Crippen molar-refractivity contribution in [2.45, 2.75) is 13.3 Å². The van der Waals surface area contributed by atoms with E-state index < -0.39 is 0 Å². The quantitative estimate of drug-likeness (QED) is 0.704. The molecular formula is C11H15N3O2. The minimum absolute atomic E-state index is 0.0551. The van der Waals surface area contributed by atoms with Crippen LogP contribution in [0.15, 0.2) is 24.5 Å². The summed E-state index contributed by atoms with van der Waals surface area (Å²) >= 11 is 0. The van der Waals surface area contributed by atoms with Crippen LogP contribution >= 0.6 is 0 Å². The van der Waals surface area contributed by atoms with Gasteiger partial charge in [0.05, 0.1) is 0 Å². The van der Waals surface area contributed by atoms with Gasteiger partial charge in [-0.1, -0.05) is 0 Å². The van der Waals surface area contributed by atoms with Gasteiger partial charge in [-0.2, -0.15) is 0 Å². The maximum atomic E-state index is 11.5. The molecule has 1 aromatic heterocycles. The number of carbonyl (C=O) groups is 2. The highest BCUT2D eigenvalue weighted by Crippen LogP contribution is 1.95. The van der Waals surface area contributed by atoms with Crippen LogP contribution in [-0.2, 0) is 4.79 Å². The van der Waals surface area contributed by atoms with E-state index in [4.69, 9.17) is 0 Å². The lowest BCUT2D eigenvalue weighted by molar-refractivity contribution is -0.118. The Morgan fingerprint density at radius 2 is 1.81 bits per heavy atom. The molecule has 16 heavy (non-hydrogen) atoms. The molecule has 0 aromatic carbocycles. The van der Waals surface area contributed by atoms with Crippen LogP contribution in [0.25, 0.3) is 0 Å². The van der Waals surface area contributed by atoms with Crippen molar-refractivity contribution in [3.05, 3.63) is 30.1 Å². The molecule has 1 rings (SSSR count). The van der Waals surface area contributed by atoms with Gasteiger partial charge in [0.25, 0.3) is 5.91 Å². The van der Waals surface area contributed by atoms with Crippen molar-refractivity contribution in [2.24, 2.45) is 0 Å². The zero-order valence-corrected chi connectivity index (χ0v) is 9.19. The fourth-order valence-corrected chi connectivity index (χ4v) is 1.16. The molecule has 0 unspecified atom stereocenters. The van der Waals surface area contributed by atoms with Crippen molar-refractivity contribution in [1.29, 1.82) is 0 Å². The molecule has 0 aliphatic carbocycles. The minimum atomic E-state index is -0.120.